The van der Waals surface area contributed by atoms with Gasteiger partial charge >= 0.3 is 0 Å². The van der Waals surface area contributed by atoms with Crippen LogP contribution in [0.25, 0.3) is 22.3 Å². The summed E-state index contributed by atoms with van der Waals surface area (Å²) < 4.78 is 0. The van der Waals surface area contributed by atoms with Crippen molar-refractivity contribution in [3.05, 3.63) is 244 Å². The lowest BCUT2D eigenvalue weighted by atomic mass is 9.33. The second-order valence-electron chi connectivity index (χ2n) is 22.0. The number of nitrogens with zero attached hydrogens (tertiary/aromatic N) is 2. The topological polar surface area (TPSA) is 6.48 Å². The fourth-order valence-electron chi connectivity index (χ4n) is 13.0. The summed E-state index contributed by atoms with van der Waals surface area (Å²) in [6, 6.07) is 74.3. The van der Waals surface area contributed by atoms with Crippen molar-refractivity contribution in [2.24, 2.45) is 0 Å². The maximum atomic E-state index is 2.69. The zero-order valence-electron chi connectivity index (χ0n) is 41.4. The number of anilines is 6. The number of benzene rings is 9. The van der Waals surface area contributed by atoms with Gasteiger partial charge in [-0.2, -0.15) is 0 Å². The summed E-state index contributed by atoms with van der Waals surface area (Å²) >= 11 is 0. The van der Waals surface area contributed by atoms with E-state index in [0.29, 0.717) is 0 Å². The predicted octanol–water partition coefficient (Wildman–Crippen LogP) is 15.3. The van der Waals surface area contributed by atoms with Gasteiger partial charge in [-0.25, -0.2) is 0 Å². The average molecular weight is 903 g/mol. The first-order valence-corrected chi connectivity index (χ1v) is 25.5. The first-order chi connectivity index (χ1) is 34.0. The summed E-state index contributed by atoms with van der Waals surface area (Å²) in [4.78, 5) is 5.33. The molecular weight excluding hydrogens is 844 g/mol. The van der Waals surface area contributed by atoms with Crippen molar-refractivity contribution in [2.45, 2.75) is 84.0 Å². The lowest BCUT2D eigenvalue weighted by Gasteiger charge is -2.48. The summed E-state index contributed by atoms with van der Waals surface area (Å²) in [5.74, 6) is 0.169. The molecule has 9 aromatic carbocycles. The Hall–Kier alpha value is -7.36. The fraction of sp³-hybridized carbons (Fsp3) is 0.194. The molecule has 0 amide bonds. The van der Waals surface area contributed by atoms with E-state index in [2.05, 4.69) is 245 Å². The molecule has 0 saturated carbocycles. The van der Waals surface area contributed by atoms with Gasteiger partial charge in [0.2, 0.25) is 0 Å². The monoisotopic (exact) mass is 902 g/mol. The molecule has 3 heteroatoms. The Morgan fingerprint density at radius 1 is 0.471 bits per heavy atom. The summed E-state index contributed by atoms with van der Waals surface area (Å²) in [5.41, 5.74) is 29.3. The molecule has 1 atom stereocenters. The van der Waals surface area contributed by atoms with Gasteiger partial charge in [-0.1, -0.05) is 179 Å². The lowest BCUT2D eigenvalue weighted by Crippen LogP contribution is -2.62. The molecule has 0 spiro atoms. The van der Waals surface area contributed by atoms with Gasteiger partial charge in [0.25, 0.3) is 6.71 Å². The minimum atomic E-state index is -0.00437. The normalized spacial score (nSPS) is 15.8. The summed E-state index contributed by atoms with van der Waals surface area (Å²) in [7, 11) is 0. The molecule has 9 aromatic rings. The van der Waals surface area contributed by atoms with Crippen LogP contribution in [0.1, 0.15) is 96.5 Å². The molecular formula is C67H59BN2. The highest BCUT2D eigenvalue weighted by Gasteiger charge is 2.47. The molecule has 70 heavy (non-hydrogen) atoms. The van der Waals surface area contributed by atoms with E-state index < -0.39 is 0 Å². The molecule has 0 bridgehead atoms. The second-order valence-corrected chi connectivity index (χ2v) is 22.0. The van der Waals surface area contributed by atoms with Crippen molar-refractivity contribution in [1.29, 1.82) is 0 Å². The molecule has 4 aliphatic rings. The maximum absolute atomic E-state index is 2.69. The Morgan fingerprint density at radius 3 is 1.81 bits per heavy atom. The van der Waals surface area contributed by atoms with E-state index in [1.54, 1.807) is 0 Å². The van der Waals surface area contributed by atoms with Crippen LogP contribution in [0.5, 0.6) is 0 Å². The molecule has 340 valence electrons. The molecule has 2 nitrogen and oxygen atoms in total. The Morgan fingerprint density at radius 2 is 1.09 bits per heavy atom. The van der Waals surface area contributed by atoms with Crippen molar-refractivity contribution in [2.75, 3.05) is 9.80 Å². The van der Waals surface area contributed by atoms with E-state index in [0.717, 1.165) is 25.7 Å². The fourth-order valence-corrected chi connectivity index (χ4v) is 13.0. The number of hydrogen-bond donors (Lipinski definition) is 0. The van der Waals surface area contributed by atoms with E-state index in [1.807, 2.05) is 0 Å². The van der Waals surface area contributed by atoms with Crippen LogP contribution in [0.2, 0.25) is 0 Å². The largest absolute Gasteiger partial charge is 0.311 e. The van der Waals surface area contributed by atoms with Crippen LogP contribution in [-0.4, -0.2) is 6.71 Å². The van der Waals surface area contributed by atoms with E-state index >= 15 is 0 Å². The number of rotatable bonds is 7. The van der Waals surface area contributed by atoms with Gasteiger partial charge < -0.3 is 9.80 Å². The van der Waals surface area contributed by atoms with Crippen molar-refractivity contribution >= 4 is 57.2 Å². The standard InChI is InChI=1S/C67H59BN2/c1-43-35-62-65-63(36-43)70(60-28-18-26-51-39-49-25-16-17-27-52(49)64(51)60)59-32-30-50(53(47-23-14-9-15-24-47)38-45-19-10-7-11-20-45)40-56(59)68(65)57-41-54-55(67(5,6)34-33-66(54,3)4)42-61(57)69(62)58-31-29-48(37-44(58)2)46-21-12-8-13-22-46/h7-32,35-37,40-42,53H,33-34,38-39H2,1-6H3. The van der Waals surface area contributed by atoms with Crippen LogP contribution < -0.4 is 26.2 Å². The van der Waals surface area contributed by atoms with E-state index in [9.17, 15) is 0 Å². The Bertz CT molecular complexity index is 3530. The summed E-state index contributed by atoms with van der Waals surface area (Å²) in [6.07, 6.45) is 4.19. The number of aryl methyl sites for hydroxylation is 2. The highest BCUT2D eigenvalue weighted by atomic mass is 15.2. The van der Waals surface area contributed by atoms with Crippen molar-refractivity contribution < 1.29 is 0 Å². The van der Waals surface area contributed by atoms with Crippen molar-refractivity contribution in [3.8, 4) is 22.3 Å². The van der Waals surface area contributed by atoms with Crippen LogP contribution >= 0.6 is 0 Å². The van der Waals surface area contributed by atoms with Gasteiger partial charge in [-0.15, -0.1) is 0 Å². The Kier molecular flexibility index (Phi) is 9.83. The summed E-state index contributed by atoms with van der Waals surface area (Å²) in [5, 5.41) is 0. The first-order valence-electron chi connectivity index (χ1n) is 25.5. The van der Waals surface area contributed by atoms with Crippen LogP contribution in [0.4, 0.5) is 34.1 Å². The van der Waals surface area contributed by atoms with Gasteiger partial charge in [-0.3, -0.25) is 0 Å². The second kappa shape index (κ2) is 16.1. The SMILES string of the molecule is Cc1cc2c3c(c1)N(c1cccc4c1-c1ccccc1C4)c1ccc(C(Cc4ccccc4)c4ccccc4)cc1B3c1cc3c(cc1N2c1ccc(-c2ccccc2)cc1C)C(C)(C)CCC3(C)C. The minimum Gasteiger partial charge on any atom is -0.311 e. The quantitative estimate of drug-likeness (QED) is 0.147. The van der Waals surface area contributed by atoms with Crippen LogP contribution in [0.3, 0.4) is 0 Å². The third-order valence-corrected chi connectivity index (χ3v) is 16.7. The number of fused-ring (bicyclic) bond motifs is 8. The van der Waals surface area contributed by atoms with Crippen LogP contribution in [0.15, 0.2) is 194 Å². The third-order valence-electron chi connectivity index (χ3n) is 16.7. The molecule has 0 N–H and O–H groups in total. The first kappa shape index (κ1) is 42.7. The minimum absolute atomic E-state index is 0.00437. The van der Waals surface area contributed by atoms with Crippen LogP contribution in [-0.2, 0) is 23.7 Å². The van der Waals surface area contributed by atoms with Crippen LogP contribution in [0, 0.1) is 13.8 Å². The average Bonchev–Trinajstić information content (AvgIpc) is 3.77. The van der Waals surface area contributed by atoms with Crippen molar-refractivity contribution in [3.63, 3.8) is 0 Å². The molecule has 13 rings (SSSR count). The molecule has 2 heterocycles. The molecule has 0 saturated heterocycles. The zero-order chi connectivity index (χ0) is 47.5. The predicted molar refractivity (Wildman–Crippen MR) is 297 cm³/mol. The molecule has 1 unspecified atom stereocenters. The molecule has 0 radical (unpaired) electrons. The molecule has 2 aliphatic heterocycles. The molecule has 0 fully saturated rings. The lowest BCUT2D eigenvalue weighted by molar-refractivity contribution is 0.332. The van der Waals surface area contributed by atoms with E-state index in [4.69, 9.17) is 0 Å². The molecule has 0 aromatic heterocycles. The highest BCUT2D eigenvalue weighted by Crippen LogP contribution is 2.53. The summed E-state index contributed by atoms with van der Waals surface area (Å²) in [6.45, 7) is 14.5. The smallest absolute Gasteiger partial charge is 0.252 e. The van der Waals surface area contributed by atoms with Gasteiger partial charge in [0.15, 0.2) is 0 Å². The van der Waals surface area contributed by atoms with Crippen molar-refractivity contribution in [1.82, 2.24) is 0 Å². The third kappa shape index (κ3) is 6.76. The number of hydrogen-bond acceptors (Lipinski definition) is 2. The Labute approximate surface area is 415 Å². The maximum Gasteiger partial charge on any atom is 0.252 e. The molecule has 2 aliphatic carbocycles. The highest BCUT2D eigenvalue weighted by molar-refractivity contribution is 7.00. The van der Waals surface area contributed by atoms with Gasteiger partial charge in [0, 0.05) is 39.9 Å². The van der Waals surface area contributed by atoms with E-state index in [-0.39, 0.29) is 23.5 Å². The zero-order valence-corrected chi connectivity index (χ0v) is 41.4. The Balaban J connectivity index is 1.12. The van der Waals surface area contributed by atoms with Gasteiger partial charge in [0.05, 0.1) is 5.69 Å². The van der Waals surface area contributed by atoms with Gasteiger partial charge in [-0.05, 0) is 176 Å². The van der Waals surface area contributed by atoms with Gasteiger partial charge in [0.1, 0.15) is 0 Å². The van der Waals surface area contributed by atoms with E-state index in [1.165, 1.54) is 123 Å².